The number of morpholine rings is 1. The number of hydrogen-bond acceptors (Lipinski definition) is 5. The first-order chi connectivity index (χ1) is 11.1. The highest BCUT2D eigenvalue weighted by Crippen LogP contribution is 2.24. The third-order valence-electron chi connectivity index (χ3n) is 5.21. The minimum absolute atomic E-state index is 0.243. The Kier molecular flexibility index (Phi) is 5.02. The van der Waals surface area contributed by atoms with Crippen LogP contribution >= 0.6 is 0 Å². The summed E-state index contributed by atoms with van der Waals surface area (Å²) in [7, 11) is 0. The number of carbonyl (C=O) groups is 1. The van der Waals surface area contributed by atoms with Crippen molar-refractivity contribution in [3.05, 3.63) is 17.0 Å². The molecule has 0 spiro atoms. The maximum Gasteiger partial charge on any atom is 0.222 e. The van der Waals surface area contributed by atoms with Crippen molar-refractivity contribution in [1.29, 1.82) is 0 Å². The van der Waals surface area contributed by atoms with Gasteiger partial charge in [0.25, 0.3) is 0 Å². The van der Waals surface area contributed by atoms with Gasteiger partial charge >= 0.3 is 0 Å². The zero-order chi connectivity index (χ0) is 16.4. The Morgan fingerprint density at radius 2 is 2.00 bits per heavy atom. The highest BCUT2D eigenvalue weighted by molar-refractivity contribution is 5.77. The largest absolute Gasteiger partial charge is 0.379 e. The van der Waals surface area contributed by atoms with Crippen molar-refractivity contribution >= 4 is 5.91 Å². The number of ether oxygens (including phenoxy) is 1. The Morgan fingerprint density at radius 3 is 2.65 bits per heavy atom. The van der Waals surface area contributed by atoms with E-state index in [1.807, 2.05) is 18.7 Å². The van der Waals surface area contributed by atoms with Gasteiger partial charge in [0.1, 0.15) is 5.76 Å². The van der Waals surface area contributed by atoms with Gasteiger partial charge in [0.2, 0.25) is 5.91 Å². The molecule has 2 atom stereocenters. The molecule has 2 saturated heterocycles. The van der Waals surface area contributed by atoms with Gasteiger partial charge in [-0.05, 0) is 26.2 Å². The van der Waals surface area contributed by atoms with E-state index in [1.165, 1.54) is 0 Å². The fourth-order valence-electron chi connectivity index (χ4n) is 3.79. The summed E-state index contributed by atoms with van der Waals surface area (Å²) in [6.07, 6.45) is 1.25. The average molecular weight is 321 g/mol. The van der Waals surface area contributed by atoms with Crippen LogP contribution in [0.5, 0.6) is 0 Å². The quantitative estimate of drug-likeness (QED) is 0.839. The number of hydrogen-bond donors (Lipinski definition) is 0. The fourth-order valence-corrected chi connectivity index (χ4v) is 3.79. The predicted molar refractivity (Wildman–Crippen MR) is 86.2 cm³/mol. The van der Waals surface area contributed by atoms with E-state index in [0.29, 0.717) is 24.8 Å². The topological polar surface area (TPSA) is 58.8 Å². The molecule has 1 aromatic rings. The first-order valence-corrected chi connectivity index (χ1v) is 8.57. The molecule has 23 heavy (non-hydrogen) atoms. The van der Waals surface area contributed by atoms with E-state index in [4.69, 9.17) is 9.26 Å². The molecule has 0 bridgehead atoms. The van der Waals surface area contributed by atoms with Gasteiger partial charge in [0.15, 0.2) is 0 Å². The van der Waals surface area contributed by atoms with Crippen molar-refractivity contribution in [2.45, 2.75) is 39.7 Å². The SMILES string of the molecule is Cc1noc(C)c1CCC(=O)N1C[C@@H](N2CCOCC2)[C@@H](C)C1. The molecule has 3 heterocycles. The van der Waals surface area contributed by atoms with Crippen molar-refractivity contribution in [3.63, 3.8) is 0 Å². The number of likely N-dealkylation sites (tertiary alicyclic amines) is 1. The van der Waals surface area contributed by atoms with Crippen LogP contribution in [0.1, 0.15) is 30.4 Å². The molecule has 2 fully saturated rings. The zero-order valence-corrected chi connectivity index (χ0v) is 14.4. The number of carbonyl (C=O) groups excluding carboxylic acids is 1. The molecule has 0 radical (unpaired) electrons. The molecule has 0 aromatic carbocycles. The lowest BCUT2D eigenvalue weighted by molar-refractivity contribution is -0.130. The van der Waals surface area contributed by atoms with Crippen molar-refractivity contribution < 1.29 is 14.1 Å². The zero-order valence-electron chi connectivity index (χ0n) is 14.4. The number of nitrogens with zero attached hydrogens (tertiary/aromatic N) is 3. The Balaban J connectivity index is 1.54. The molecule has 1 amide bonds. The number of aryl methyl sites for hydroxylation is 2. The summed E-state index contributed by atoms with van der Waals surface area (Å²) >= 11 is 0. The summed E-state index contributed by atoms with van der Waals surface area (Å²) in [6.45, 7) is 11.4. The maximum atomic E-state index is 12.6. The molecule has 0 N–H and O–H groups in total. The van der Waals surface area contributed by atoms with Crippen molar-refractivity contribution in [2.24, 2.45) is 5.92 Å². The van der Waals surface area contributed by atoms with Crippen LogP contribution in [0.15, 0.2) is 4.52 Å². The second kappa shape index (κ2) is 7.01. The summed E-state index contributed by atoms with van der Waals surface area (Å²) in [6, 6.07) is 0.474. The Labute approximate surface area is 137 Å². The summed E-state index contributed by atoms with van der Waals surface area (Å²) in [5, 5.41) is 3.96. The van der Waals surface area contributed by atoms with E-state index >= 15 is 0 Å². The minimum atomic E-state index is 0.243. The monoisotopic (exact) mass is 321 g/mol. The smallest absolute Gasteiger partial charge is 0.222 e. The molecule has 0 saturated carbocycles. The summed E-state index contributed by atoms with van der Waals surface area (Å²) in [5.74, 6) is 1.60. The van der Waals surface area contributed by atoms with Crippen molar-refractivity contribution in [3.8, 4) is 0 Å². The number of amides is 1. The Morgan fingerprint density at radius 1 is 1.26 bits per heavy atom. The first kappa shape index (κ1) is 16.5. The predicted octanol–water partition coefficient (Wildman–Crippen LogP) is 1.40. The normalized spacial score (nSPS) is 26.0. The maximum absolute atomic E-state index is 12.6. The molecular weight excluding hydrogens is 294 g/mol. The van der Waals surface area contributed by atoms with Crippen LogP contribution in [0, 0.1) is 19.8 Å². The molecule has 6 nitrogen and oxygen atoms in total. The molecule has 2 aliphatic rings. The molecule has 0 aliphatic carbocycles. The van der Waals surface area contributed by atoms with E-state index in [-0.39, 0.29) is 5.91 Å². The van der Waals surface area contributed by atoms with Gasteiger partial charge in [-0.15, -0.1) is 0 Å². The van der Waals surface area contributed by atoms with Gasteiger partial charge in [-0.1, -0.05) is 12.1 Å². The van der Waals surface area contributed by atoms with Crippen LogP contribution < -0.4 is 0 Å². The molecular formula is C17H27N3O3. The van der Waals surface area contributed by atoms with Crippen LogP contribution in [-0.2, 0) is 16.0 Å². The second-order valence-electron chi connectivity index (χ2n) is 6.79. The third kappa shape index (κ3) is 3.58. The second-order valence-corrected chi connectivity index (χ2v) is 6.79. The van der Waals surface area contributed by atoms with Gasteiger partial charge in [0, 0.05) is 44.2 Å². The third-order valence-corrected chi connectivity index (χ3v) is 5.21. The van der Waals surface area contributed by atoms with E-state index in [1.54, 1.807) is 0 Å². The van der Waals surface area contributed by atoms with Crippen molar-refractivity contribution in [2.75, 3.05) is 39.4 Å². The van der Waals surface area contributed by atoms with Crippen LogP contribution in [0.25, 0.3) is 0 Å². The van der Waals surface area contributed by atoms with Gasteiger partial charge in [-0.3, -0.25) is 9.69 Å². The minimum Gasteiger partial charge on any atom is -0.379 e. The van der Waals surface area contributed by atoms with E-state index in [9.17, 15) is 4.79 Å². The highest BCUT2D eigenvalue weighted by atomic mass is 16.5. The molecule has 1 aromatic heterocycles. The Hall–Kier alpha value is -1.40. The lowest BCUT2D eigenvalue weighted by atomic mass is 10.0. The van der Waals surface area contributed by atoms with Gasteiger partial charge in [-0.2, -0.15) is 0 Å². The van der Waals surface area contributed by atoms with E-state index < -0.39 is 0 Å². The summed E-state index contributed by atoms with van der Waals surface area (Å²) in [4.78, 5) is 17.1. The van der Waals surface area contributed by atoms with Crippen LogP contribution in [-0.4, -0.2) is 66.3 Å². The van der Waals surface area contributed by atoms with Crippen LogP contribution in [0.4, 0.5) is 0 Å². The average Bonchev–Trinajstić information content (AvgIpc) is 3.09. The summed E-state index contributed by atoms with van der Waals surface area (Å²) in [5.41, 5.74) is 1.98. The fraction of sp³-hybridized carbons (Fsp3) is 0.765. The van der Waals surface area contributed by atoms with Crippen LogP contribution in [0.3, 0.4) is 0 Å². The standard InChI is InChI=1S/C17H27N3O3/c1-12-10-20(11-16(12)19-6-8-22-9-7-19)17(21)5-4-15-13(2)18-23-14(15)3/h12,16H,4-11H2,1-3H3/t12-,16+/m0/s1. The highest BCUT2D eigenvalue weighted by Gasteiger charge is 2.36. The molecule has 128 valence electrons. The lowest BCUT2D eigenvalue weighted by Crippen LogP contribution is -2.47. The number of aromatic nitrogens is 1. The lowest BCUT2D eigenvalue weighted by Gasteiger charge is -2.34. The van der Waals surface area contributed by atoms with E-state index in [0.717, 1.165) is 56.4 Å². The van der Waals surface area contributed by atoms with Gasteiger partial charge in [-0.25, -0.2) is 0 Å². The molecule has 6 heteroatoms. The summed E-state index contributed by atoms with van der Waals surface area (Å²) < 4.78 is 10.6. The van der Waals surface area contributed by atoms with E-state index in [2.05, 4.69) is 17.0 Å². The molecule has 0 unspecified atom stereocenters. The Bertz CT molecular complexity index is 532. The molecule has 2 aliphatic heterocycles. The van der Waals surface area contributed by atoms with Gasteiger partial charge in [0.05, 0.1) is 18.9 Å². The van der Waals surface area contributed by atoms with Gasteiger partial charge < -0.3 is 14.2 Å². The number of rotatable bonds is 4. The van der Waals surface area contributed by atoms with Crippen molar-refractivity contribution in [1.82, 2.24) is 15.0 Å². The first-order valence-electron chi connectivity index (χ1n) is 8.57. The van der Waals surface area contributed by atoms with Crippen LogP contribution in [0.2, 0.25) is 0 Å². The molecule has 3 rings (SSSR count).